The molecule has 25 heavy (non-hydrogen) atoms. The average Bonchev–Trinajstić information content (AvgIpc) is 3.10. The molecule has 0 radical (unpaired) electrons. The molecular formula is C20H17BrClNO2. The minimum absolute atomic E-state index is 0.135. The van der Waals surface area contributed by atoms with Crippen LogP contribution in [0.25, 0.3) is 0 Å². The number of rotatable bonds is 2. The fourth-order valence-corrected chi connectivity index (χ4v) is 4.63. The molecule has 2 aromatic carbocycles. The Morgan fingerprint density at radius 3 is 2.92 bits per heavy atom. The molecular weight excluding hydrogens is 402 g/mol. The third kappa shape index (κ3) is 2.77. The van der Waals surface area contributed by atoms with Crippen molar-refractivity contribution in [2.24, 2.45) is 5.92 Å². The molecule has 2 aliphatic rings. The van der Waals surface area contributed by atoms with E-state index in [-0.39, 0.29) is 17.9 Å². The third-order valence-corrected chi connectivity index (χ3v) is 5.89. The van der Waals surface area contributed by atoms with Crippen LogP contribution in [0.15, 0.2) is 53.0 Å². The molecule has 0 spiro atoms. The van der Waals surface area contributed by atoms with Crippen LogP contribution < -0.4 is 5.32 Å². The van der Waals surface area contributed by atoms with E-state index in [0.29, 0.717) is 16.5 Å². The Bertz CT molecular complexity index is 880. The highest BCUT2D eigenvalue weighted by Crippen LogP contribution is 2.52. The number of fused-ring (bicyclic) bond motifs is 3. The molecule has 1 aliphatic carbocycles. The molecule has 0 unspecified atom stereocenters. The van der Waals surface area contributed by atoms with E-state index in [1.54, 1.807) is 12.1 Å². The van der Waals surface area contributed by atoms with E-state index in [1.807, 2.05) is 12.1 Å². The van der Waals surface area contributed by atoms with Crippen LogP contribution in [0, 0.1) is 5.92 Å². The molecule has 1 aliphatic heterocycles. The normalized spacial score (nSPS) is 23.6. The summed E-state index contributed by atoms with van der Waals surface area (Å²) in [6.45, 7) is 0. The van der Waals surface area contributed by atoms with Gasteiger partial charge >= 0.3 is 5.97 Å². The standard InChI is InChI=1S/C20H17BrClNO2/c1-25-20(24)15-8-9-16(22)19-17(15)13-6-3-7-14(13)18(23-19)11-4-2-5-12(21)10-11/h2-6,8-10,13-14,18,23H,7H2,1H3/t13-,14-,18+/m1/s1. The second kappa shape index (κ2) is 6.50. The molecule has 3 nitrogen and oxygen atoms in total. The van der Waals surface area contributed by atoms with Gasteiger partial charge in [-0.05, 0) is 47.7 Å². The number of nitrogens with one attached hydrogen (secondary N) is 1. The van der Waals surface area contributed by atoms with Gasteiger partial charge in [0.15, 0.2) is 0 Å². The van der Waals surface area contributed by atoms with Crippen LogP contribution in [-0.2, 0) is 4.74 Å². The molecule has 0 saturated heterocycles. The Hall–Kier alpha value is -1.78. The molecule has 0 fully saturated rings. The SMILES string of the molecule is COC(=O)c1ccc(Cl)c2c1[C@@H]1C=CC[C@H]1[C@H](c1cccc(Br)c1)N2. The predicted octanol–water partition coefficient (Wildman–Crippen LogP) is 5.72. The van der Waals surface area contributed by atoms with E-state index < -0.39 is 0 Å². The van der Waals surface area contributed by atoms with E-state index in [4.69, 9.17) is 16.3 Å². The Kier molecular flexibility index (Phi) is 4.34. The van der Waals surface area contributed by atoms with E-state index in [2.05, 4.69) is 45.5 Å². The Balaban J connectivity index is 1.87. The fraction of sp³-hybridized carbons (Fsp3) is 0.250. The number of ether oxygens (including phenoxy) is 1. The van der Waals surface area contributed by atoms with Gasteiger partial charge in [-0.15, -0.1) is 0 Å². The van der Waals surface area contributed by atoms with Crippen molar-refractivity contribution >= 4 is 39.2 Å². The monoisotopic (exact) mass is 417 g/mol. The molecule has 4 rings (SSSR count). The summed E-state index contributed by atoms with van der Waals surface area (Å²) in [5.74, 6) is 0.159. The number of halogens is 2. The number of esters is 1. The van der Waals surface area contributed by atoms with Crippen molar-refractivity contribution in [3.8, 4) is 0 Å². The maximum absolute atomic E-state index is 12.3. The smallest absolute Gasteiger partial charge is 0.338 e. The zero-order valence-corrected chi connectivity index (χ0v) is 16.0. The highest BCUT2D eigenvalue weighted by molar-refractivity contribution is 9.10. The highest BCUT2D eigenvalue weighted by Gasteiger charge is 2.41. The van der Waals surface area contributed by atoms with Gasteiger partial charge in [0.25, 0.3) is 0 Å². The Labute approximate surface area is 160 Å². The van der Waals surface area contributed by atoms with Crippen LogP contribution >= 0.6 is 27.5 Å². The summed E-state index contributed by atoms with van der Waals surface area (Å²) in [7, 11) is 1.41. The van der Waals surface area contributed by atoms with Gasteiger partial charge in [0.05, 0.1) is 29.4 Å². The summed E-state index contributed by atoms with van der Waals surface area (Å²) in [6, 6.07) is 12.0. The summed E-state index contributed by atoms with van der Waals surface area (Å²) in [4.78, 5) is 12.3. The van der Waals surface area contributed by atoms with Crippen molar-refractivity contribution in [3.63, 3.8) is 0 Å². The van der Waals surface area contributed by atoms with Gasteiger partial charge in [0.2, 0.25) is 0 Å². The fourth-order valence-electron chi connectivity index (χ4n) is 3.99. The quantitative estimate of drug-likeness (QED) is 0.501. The summed E-state index contributed by atoms with van der Waals surface area (Å²) >= 11 is 10.0. The van der Waals surface area contributed by atoms with Crippen LogP contribution in [0.2, 0.25) is 5.02 Å². The molecule has 5 heteroatoms. The number of hydrogen-bond donors (Lipinski definition) is 1. The van der Waals surface area contributed by atoms with Crippen molar-refractivity contribution in [1.82, 2.24) is 0 Å². The van der Waals surface area contributed by atoms with E-state index >= 15 is 0 Å². The van der Waals surface area contributed by atoms with Gasteiger partial charge in [-0.3, -0.25) is 0 Å². The van der Waals surface area contributed by atoms with Gasteiger partial charge in [-0.25, -0.2) is 4.79 Å². The number of methoxy groups -OCH3 is 1. The van der Waals surface area contributed by atoms with Gasteiger partial charge in [0, 0.05) is 10.4 Å². The Morgan fingerprint density at radius 2 is 2.16 bits per heavy atom. The lowest BCUT2D eigenvalue weighted by Crippen LogP contribution is -2.30. The number of carbonyl (C=O) groups is 1. The van der Waals surface area contributed by atoms with Crippen LogP contribution in [-0.4, -0.2) is 13.1 Å². The largest absolute Gasteiger partial charge is 0.465 e. The van der Waals surface area contributed by atoms with Gasteiger partial charge < -0.3 is 10.1 Å². The molecule has 0 amide bonds. The molecule has 1 heterocycles. The minimum Gasteiger partial charge on any atom is -0.465 e. The maximum atomic E-state index is 12.3. The molecule has 0 saturated carbocycles. The molecule has 1 N–H and O–H groups in total. The van der Waals surface area contributed by atoms with Crippen LogP contribution in [0.1, 0.15) is 39.9 Å². The average molecular weight is 419 g/mol. The first kappa shape index (κ1) is 16.7. The lowest BCUT2D eigenvalue weighted by atomic mass is 9.75. The van der Waals surface area contributed by atoms with E-state index in [1.165, 1.54) is 12.7 Å². The van der Waals surface area contributed by atoms with Gasteiger partial charge in [0.1, 0.15) is 0 Å². The summed E-state index contributed by atoms with van der Waals surface area (Å²) < 4.78 is 6.03. The molecule has 128 valence electrons. The van der Waals surface area contributed by atoms with E-state index in [9.17, 15) is 4.79 Å². The van der Waals surface area contributed by atoms with Crippen LogP contribution in [0.4, 0.5) is 5.69 Å². The van der Waals surface area contributed by atoms with Gasteiger partial charge in [-0.2, -0.15) is 0 Å². The first-order chi connectivity index (χ1) is 12.1. The topological polar surface area (TPSA) is 38.3 Å². The number of anilines is 1. The van der Waals surface area contributed by atoms with Crippen molar-refractivity contribution in [2.45, 2.75) is 18.4 Å². The minimum atomic E-state index is -0.324. The van der Waals surface area contributed by atoms with Crippen LogP contribution in [0.3, 0.4) is 0 Å². The predicted molar refractivity (Wildman–Crippen MR) is 103 cm³/mol. The highest BCUT2D eigenvalue weighted by atomic mass is 79.9. The number of allylic oxidation sites excluding steroid dienone is 2. The maximum Gasteiger partial charge on any atom is 0.338 e. The second-order valence-electron chi connectivity index (χ2n) is 6.41. The van der Waals surface area contributed by atoms with Crippen molar-refractivity contribution in [3.05, 3.63) is 74.7 Å². The zero-order valence-electron chi connectivity index (χ0n) is 13.6. The first-order valence-corrected chi connectivity index (χ1v) is 9.36. The molecule has 0 bridgehead atoms. The lowest BCUT2D eigenvalue weighted by molar-refractivity contribution is 0.0598. The number of carbonyl (C=O) groups excluding carboxylic acids is 1. The number of hydrogen-bond acceptors (Lipinski definition) is 3. The second-order valence-corrected chi connectivity index (χ2v) is 7.73. The molecule has 2 aromatic rings. The summed E-state index contributed by atoms with van der Waals surface area (Å²) in [5, 5.41) is 4.23. The molecule has 0 aromatic heterocycles. The van der Waals surface area contributed by atoms with E-state index in [0.717, 1.165) is 22.1 Å². The first-order valence-electron chi connectivity index (χ1n) is 8.19. The third-order valence-electron chi connectivity index (χ3n) is 5.08. The van der Waals surface area contributed by atoms with Crippen molar-refractivity contribution < 1.29 is 9.53 Å². The van der Waals surface area contributed by atoms with Gasteiger partial charge in [-0.1, -0.05) is 51.8 Å². The zero-order chi connectivity index (χ0) is 17.6. The lowest BCUT2D eigenvalue weighted by Gasteiger charge is -2.38. The van der Waals surface area contributed by atoms with Crippen molar-refractivity contribution in [2.75, 3.05) is 12.4 Å². The van der Waals surface area contributed by atoms with Crippen LogP contribution in [0.5, 0.6) is 0 Å². The molecule has 3 atom stereocenters. The van der Waals surface area contributed by atoms with Crippen molar-refractivity contribution in [1.29, 1.82) is 0 Å². The number of benzene rings is 2. The Morgan fingerprint density at radius 1 is 1.32 bits per heavy atom. The summed E-state index contributed by atoms with van der Waals surface area (Å²) in [6.07, 6.45) is 5.35. The summed E-state index contributed by atoms with van der Waals surface area (Å²) in [5.41, 5.74) is 3.58.